The molecule has 7 heteroatoms. The van der Waals surface area contributed by atoms with E-state index in [1.165, 1.54) is 11.0 Å². The van der Waals surface area contributed by atoms with Crippen molar-refractivity contribution in [3.05, 3.63) is 46.7 Å². The lowest BCUT2D eigenvalue weighted by Crippen LogP contribution is -2.49. The molecule has 128 valence electrons. The minimum atomic E-state index is -1.01. The number of ether oxygens (including phenoxy) is 1. The maximum atomic E-state index is 14.2. The van der Waals surface area contributed by atoms with Crippen molar-refractivity contribution in [2.45, 2.75) is 38.8 Å². The number of nitrogens with zero attached hydrogens (tertiary/aromatic N) is 1. The van der Waals surface area contributed by atoms with E-state index in [0.717, 1.165) is 25.0 Å². The molecule has 1 fully saturated rings. The van der Waals surface area contributed by atoms with Gasteiger partial charge in [0, 0.05) is 23.4 Å². The zero-order chi connectivity index (χ0) is 17.4. The Morgan fingerprint density at radius 2 is 2.08 bits per heavy atom. The molecule has 2 amide bonds. The fourth-order valence-electron chi connectivity index (χ4n) is 2.97. The van der Waals surface area contributed by atoms with Gasteiger partial charge in [-0.1, -0.05) is 6.07 Å². The van der Waals surface area contributed by atoms with Gasteiger partial charge in [0.2, 0.25) is 0 Å². The summed E-state index contributed by atoms with van der Waals surface area (Å²) in [6.07, 6.45) is 1.72. The number of hydrogen-bond donors (Lipinski definition) is 1. The van der Waals surface area contributed by atoms with E-state index < -0.39 is 29.7 Å². The third-order valence-corrected chi connectivity index (χ3v) is 4.21. The van der Waals surface area contributed by atoms with E-state index in [-0.39, 0.29) is 23.8 Å². The lowest BCUT2D eigenvalue weighted by atomic mass is 9.94. The minimum absolute atomic E-state index is 0.0302. The van der Waals surface area contributed by atoms with Crippen molar-refractivity contribution in [2.24, 2.45) is 0 Å². The number of amides is 2. The maximum absolute atomic E-state index is 14.2. The Morgan fingerprint density at radius 1 is 1.38 bits per heavy atom. The zero-order valence-electron chi connectivity index (χ0n) is 13.4. The molecule has 0 bridgehead atoms. The van der Waals surface area contributed by atoms with E-state index in [4.69, 9.17) is 4.74 Å². The van der Waals surface area contributed by atoms with E-state index in [0.29, 0.717) is 5.70 Å². The van der Waals surface area contributed by atoms with Crippen molar-refractivity contribution in [3.8, 4) is 0 Å². The van der Waals surface area contributed by atoms with Crippen molar-refractivity contribution in [1.82, 2.24) is 10.2 Å². The van der Waals surface area contributed by atoms with E-state index in [1.807, 2.05) is 0 Å². The number of rotatable bonds is 4. The van der Waals surface area contributed by atoms with Crippen LogP contribution in [0.15, 0.2) is 29.5 Å². The Kier molecular flexibility index (Phi) is 4.26. The molecule has 24 heavy (non-hydrogen) atoms. The SMILES string of the molecule is CCOC(=O)C1=C(C)N(C2CC2)C(=O)NC1c1ccc(F)cc1F. The van der Waals surface area contributed by atoms with Gasteiger partial charge in [0.25, 0.3) is 0 Å². The van der Waals surface area contributed by atoms with Gasteiger partial charge in [0.05, 0.1) is 18.2 Å². The number of nitrogens with one attached hydrogen (secondary N) is 1. The molecule has 1 atom stereocenters. The highest BCUT2D eigenvalue weighted by Crippen LogP contribution is 2.38. The molecule has 1 saturated carbocycles. The standard InChI is InChI=1S/C17H18F2N2O3/c1-3-24-16(22)14-9(2)21(11-5-6-11)17(23)20-15(14)12-7-4-10(18)8-13(12)19/h4,7-8,11,15H,3,5-6H2,1-2H3,(H,20,23). The van der Waals surface area contributed by atoms with E-state index in [2.05, 4.69) is 5.32 Å². The van der Waals surface area contributed by atoms with Gasteiger partial charge in [-0.05, 0) is 32.8 Å². The van der Waals surface area contributed by atoms with Gasteiger partial charge in [-0.3, -0.25) is 4.90 Å². The van der Waals surface area contributed by atoms with Crippen LogP contribution in [0.2, 0.25) is 0 Å². The second-order valence-corrected chi connectivity index (χ2v) is 5.87. The van der Waals surface area contributed by atoms with Crippen LogP contribution < -0.4 is 5.32 Å². The highest BCUT2D eigenvalue weighted by molar-refractivity contribution is 5.95. The molecule has 2 aliphatic rings. The molecule has 0 saturated heterocycles. The third kappa shape index (κ3) is 2.86. The summed E-state index contributed by atoms with van der Waals surface area (Å²) < 4.78 is 32.5. The molecule has 3 rings (SSSR count). The second-order valence-electron chi connectivity index (χ2n) is 5.87. The number of carbonyl (C=O) groups is 2. The Morgan fingerprint density at radius 3 is 2.67 bits per heavy atom. The summed E-state index contributed by atoms with van der Waals surface area (Å²) in [6.45, 7) is 3.48. The van der Waals surface area contributed by atoms with Crippen molar-refractivity contribution < 1.29 is 23.1 Å². The summed E-state index contributed by atoms with van der Waals surface area (Å²) in [4.78, 5) is 26.3. The van der Waals surface area contributed by atoms with E-state index in [9.17, 15) is 18.4 Å². The Labute approximate surface area is 138 Å². The highest BCUT2D eigenvalue weighted by Gasteiger charge is 2.43. The van der Waals surface area contributed by atoms with E-state index >= 15 is 0 Å². The molecule has 1 aromatic rings. The van der Waals surface area contributed by atoms with Crippen LogP contribution in [-0.4, -0.2) is 29.5 Å². The fraction of sp³-hybridized carbons (Fsp3) is 0.412. The predicted octanol–water partition coefficient (Wildman–Crippen LogP) is 3.03. The molecule has 1 heterocycles. The summed E-state index contributed by atoms with van der Waals surface area (Å²) in [5.74, 6) is -2.17. The molecule has 1 aliphatic heterocycles. The molecule has 0 spiro atoms. The molecule has 1 N–H and O–H groups in total. The average Bonchev–Trinajstić information content (AvgIpc) is 3.31. The number of esters is 1. The van der Waals surface area contributed by atoms with Crippen molar-refractivity contribution in [1.29, 1.82) is 0 Å². The quantitative estimate of drug-likeness (QED) is 0.860. The lowest BCUT2D eigenvalue weighted by Gasteiger charge is -2.35. The van der Waals surface area contributed by atoms with Gasteiger partial charge in [-0.2, -0.15) is 0 Å². The predicted molar refractivity (Wildman–Crippen MR) is 81.8 cm³/mol. The maximum Gasteiger partial charge on any atom is 0.338 e. The van der Waals surface area contributed by atoms with Crippen LogP contribution in [0.5, 0.6) is 0 Å². The summed E-state index contributed by atoms with van der Waals surface area (Å²) in [7, 11) is 0. The molecule has 1 unspecified atom stereocenters. The monoisotopic (exact) mass is 336 g/mol. The zero-order valence-corrected chi connectivity index (χ0v) is 13.4. The molecule has 0 radical (unpaired) electrons. The van der Waals surface area contributed by atoms with Crippen LogP contribution in [0.4, 0.5) is 13.6 Å². The Bertz CT molecular complexity index is 729. The first kappa shape index (κ1) is 16.4. The lowest BCUT2D eigenvalue weighted by molar-refractivity contribution is -0.139. The Hall–Kier alpha value is -2.44. The molecular formula is C17H18F2N2O3. The van der Waals surface area contributed by atoms with Crippen molar-refractivity contribution in [3.63, 3.8) is 0 Å². The van der Waals surface area contributed by atoms with Gasteiger partial charge < -0.3 is 10.1 Å². The smallest absolute Gasteiger partial charge is 0.338 e. The first-order valence-corrected chi connectivity index (χ1v) is 7.86. The first-order valence-electron chi connectivity index (χ1n) is 7.86. The van der Waals surface area contributed by atoms with Gasteiger partial charge in [0.15, 0.2) is 0 Å². The number of halogens is 2. The first-order chi connectivity index (χ1) is 11.4. The molecule has 1 aromatic carbocycles. The van der Waals surface area contributed by atoms with Crippen LogP contribution >= 0.6 is 0 Å². The van der Waals surface area contributed by atoms with Crippen LogP contribution in [0.3, 0.4) is 0 Å². The summed E-state index contributed by atoms with van der Waals surface area (Å²) in [5, 5.41) is 2.65. The average molecular weight is 336 g/mol. The van der Waals surface area contributed by atoms with Crippen molar-refractivity contribution in [2.75, 3.05) is 6.61 Å². The normalized spacial score (nSPS) is 20.9. The largest absolute Gasteiger partial charge is 0.463 e. The van der Waals surface area contributed by atoms with Gasteiger partial charge in [-0.15, -0.1) is 0 Å². The number of allylic oxidation sites excluding steroid dienone is 1. The summed E-state index contributed by atoms with van der Waals surface area (Å²) >= 11 is 0. The van der Waals surface area contributed by atoms with Crippen LogP contribution in [0, 0.1) is 11.6 Å². The van der Waals surface area contributed by atoms with Gasteiger partial charge in [0.1, 0.15) is 11.6 Å². The van der Waals surface area contributed by atoms with Gasteiger partial charge in [-0.25, -0.2) is 18.4 Å². The topological polar surface area (TPSA) is 58.6 Å². The second kappa shape index (κ2) is 6.22. The summed E-state index contributed by atoms with van der Waals surface area (Å²) in [6, 6.07) is 1.70. The van der Waals surface area contributed by atoms with Crippen molar-refractivity contribution >= 4 is 12.0 Å². The fourth-order valence-corrected chi connectivity index (χ4v) is 2.97. The van der Waals surface area contributed by atoms with Crippen LogP contribution in [0.25, 0.3) is 0 Å². The molecule has 0 aromatic heterocycles. The minimum Gasteiger partial charge on any atom is -0.463 e. The van der Waals surface area contributed by atoms with Crippen LogP contribution in [0.1, 0.15) is 38.3 Å². The number of hydrogen-bond acceptors (Lipinski definition) is 3. The molecule has 1 aliphatic carbocycles. The number of urea groups is 1. The highest BCUT2D eigenvalue weighted by atomic mass is 19.1. The van der Waals surface area contributed by atoms with Crippen LogP contribution in [-0.2, 0) is 9.53 Å². The van der Waals surface area contributed by atoms with E-state index in [1.54, 1.807) is 13.8 Å². The Balaban J connectivity index is 2.09. The molecular weight excluding hydrogens is 318 g/mol. The molecule has 5 nitrogen and oxygen atoms in total. The van der Waals surface area contributed by atoms with Gasteiger partial charge >= 0.3 is 12.0 Å². The number of benzene rings is 1. The number of carbonyl (C=O) groups excluding carboxylic acids is 2. The summed E-state index contributed by atoms with van der Waals surface area (Å²) in [5.41, 5.74) is 0.657. The third-order valence-electron chi connectivity index (χ3n) is 4.21.